The van der Waals surface area contributed by atoms with E-state index in [1.54, 1.807) is 11.8 Å². The Bertz CT molecular complexity index is 516. The highest BCUT2D eigenvalue weighted by molar-refractivity contribution is 8.00. The number of halogens is 1. The van der Waals surface area contributed by atoms with Gasteiger partial charge in [0, 0.05) is 11.1 Å². The minimum Gasteiger partial charge on any atom is -0.366 e. The molecule has 0 aliphatic carbocycles. The molecule has 16 heavy (non-hydrogen) atoms. The minimum atomic E-state index is 0.163. The normalized spacial score (nSPS) is 17.9. The lowest BCUT2D eigenvalue weighted by Crippen LogP contribution is -2.03. The van der Waals surface area contributed by atoms with E-state index in [0.717, 1.165) is 16.4 Å². The molecule has 0 fully saturated rings. The smallest absolute Gasteiger partial charge is 0.120 e. The zero-order chi connectivity index (χ0) is 11.0. The van der Waals surface area contributed by atoms with E-state index in [1.165, 1.54) is 4.90 Å². The molecule has 3 rings (SSSR count). The van der Waals surface area contributed by atoms with Crippen molar-refractivity contribution in [1.29, 1.82) is 0 Å². The van der Waals surface area contributed by atoms with Crippen LogP contribution in [0.4, 0.5) is 5.69 Å². The monoisotopic (exact) mass is 248 g/mol. The molecule has 0 spiro atoms. The van der Waals surface area contributed by atoms with Gasteiger partial charge >= 0.3 is 0 Å². The van der Waals surface area contributed by atoms with Gasteiger partial charge in [-0.1, -0.05) is 35.5 Å². The average molecular weight is 249 g/mol. The highest BCUT2D eigenvalue weighted by Gasteiger charge is 2.25. The number of anilines is 1. The van der Waals surface area contributed by atoms with Gasteiger partial charge in [0.25, 0.3) is 0 Å². The molecule has 0 radical (unpaired) electrons. The van der Waals surface area contributed by atoms with Crippen molar-refractivity contribution in [3.05, 3.63) is 53.3 Å². The SMILES string of the molecule is Clc1cccc2c1NC(c1ccccn1)S2. The first-order valence-corrected chi connectivity index (χ1v) is 6.23. The quantitative estimate of drug-likeness (QED) is 0.827. The van der Waals surface area contributed by atoms with E-state index in [-0.39, 0.29) is 5.37 Å². The number of para-hydroxylation sites is 1. The molecule has 2 heterocycles. The summed E-state index contributed by atoms with van der Waals surface area (Å²) in [6.07, 6.45) is 1.81. The Hall–Kier alpha value is -1.19. The van der Waals surface area contributed by atoms with Crippen LogP contribution in [0.25, 0.3) is 0 Å². The fraction of sp³-hybridized carbons (Fsp3) is 0.0833. The van der Waals surface area contributed by atoms with Crippen LogP contribution in [0, 0.1) is 0 Å². The fourth-order valence-electron chi connectivity index (χ4n) is 1.70. The zero-order valence-electron chi connectivity index (χ0n) is 8.35. The number of nitrogens with one attached hydrogen (secondary N) is 1. The molecule has 1 unspecified atom stereocenters. The number of rotatable bonds is 1. The minimum absolute atomic E-state index is 0.163. The highest BCUT2D eigenvalue weighted by Crippen LogP contribution is 2.48. The molecule has 0 saturated carbocycles. The molecule has 1 aliphatic rings. The Morgan fingerprint density at radius 1 is 1.19 bits per heavy atom. The molecule has 0 amide bonds. The van der Waals surface area contributed by atoms with Crippen LogP contribution in [0.2, 0.25) is 5.02 Å². The maximum absolute atomic E-state index is 6.13. The number of aromatic nitrogens is 1. The topological polar surface area (TPSA) is 24.9 Å². The Balaban J connectivity index is 1.94. The third-order valence-corrected chi connectivity index (χ3v) is 3.96. The van der Waals surface area contributed by atoms with Crippen LogP contribution in [0.15, 0.2) is 47.5 Å². The molecular formula is C12H9ClN2S. The van der Waals surface area contributed by atoms with Crippen molar-refractivity contribution in [2.24, 2.45) is 0 Å². The van der Waals surface area contributed by atoms with E-state index in [0.29, 0.717) is 0 Å². The van der Waals surface area contributed by atoms with Crippen LogP contribution in [0.3, 0.4) is 0 Å². The predicted octanol–water partition coefficient (Wildman–Crippen LogP) is 3.95. The van der Waals surface area contributed by atoms with Crippen LogP contribution >= 0.6 is 23.4 Å². The van der Waals surface area contributed by atoms with E-state index in [1.807, 2.05) is 36.5 Å². The van der Waals surface area contributed by atoms with Gasteiger partial charge in [-0.2, -0.15) is 0 Å². The number of hydrogen-bond acceptors (Lipinski definition) is 3. The van der Waals surface area contributed by atoms with Crippen LogP contribution in [0.1, 0.15) is 11.1 Å². The summed E-state index contributed by atoms with van der Waals surface area (Å²) in [7, 11) is 0. The first-order valence-electron chi connectivity index (χ1n) is 4.97. The fourth-order valence-corrected chi connectivity index (χ4v) is 3.12. The standard InChI is InChI=1S/C12H9ClN2S/c13-8-4-3-6-10-11(8)15-12(16-10)9-5-1-2-7-14-9/h1-7,12,15H. The molecular weight excluding hydrogens is 240 g/mol. The van der Waals surface area contributed by atoms with Crippen molar-refractivity contribution in [2.75, 3.05) is 5.32 Å². The van der Waals surface area contributed by atoms with Gasteiger partial charge in [0.1, 0.15) is 5.37 Å². The lowest BCUT2D eigenvalue weighted by Gasteiger charge is -2.09. The largest absolute Gasteiger partial charge is 0.366 e. The summed E-state index contributed by atoms with van der Waals surface area (Å²) in [6, 6.07) is 11.9. The van der Waals surface area contributed by atoms with Gasteiger partial charge in [-0.15, -0.1) is 0 Å². The van der Waals surface area contributed by atoms with Crippen molar-refractivity contribution < 1.29 is 0 Å². The summed E-state index contributed by atoms with van der Waals surface area (Å²) < 4.78 is 0. The van der Waals surface area contributed by atoms with E-state index >= 15 is 0 Å². The van der Waals surface area contributed by atoms with E-state index in [2.05, 4.69) is 16.4 Å². The van der Waals surface area contributed by atoms with E-state index in [4.69, 9.17) is 11.6 Å². The number of nitrogens with zero attached hydrogens (tertiary/aromatic N) is 1. The number of hydrogen-bond donors (Lipinski definition) is 1. The van der Waals surface area contributed by atoms with Crippen molar-refractivity contribution >= 4 is 29.1 Å². The molecule has 1 aromatic heterocycles. The second kappa shape index (κ2) is 4.00. The number of benzene rings is 1. The van der Waals surface area contributed by atoms with Gasteiger partial charge in [0.05, 0.1) is 16.4 Å². The van der Waals surface area contributed by atoms with Crippen molar-refractivity contribution in [3.8, 4) is 0 Å². The highest BCUT2D eigenvalue weighted by atomic mass is 35.5. The Morgan fingerprint density at radius 2 is 2.12 bits per heavy atom. The van der Waals surface area contributed by atoms with Crippen LogP contribution in [0.5, 0.6) is 0 Å². The van der Waals surface area contributed by atoms with E-state index < -0.39 is 0 Å². The summed E-state index contributed by atoms with van der Waals surface area (Å²) in [5.41, 5.74) is 2.05. The molecule has 4 heteroatoms. The van der Waals surface area contributed by atoms with Crippen molar-refractivity contribution in [3.63, 3.8) is 0 Å². The molecule has 0 saturated heterocycles. The van der Waals surface area contributed by atoms with Gasteiger partial charge in [0.15, 0.2) is 0 Å². The molecule has 1 aliphatic heterocycles. The lowest BCUT2D eigenvalue weighted by atomic mass is 10.3. The second-order valence-corrected chi connectivity index (χ2v) is 5.06. The number of fused-ring (bicyclic) bond motifs is 1. The summed E-state index contributed by atoms with van der Waals surface area (Å²) in [5.74, 6) is 0. The first-order chi connectivity index (χ1) is 7.84. The zero-order valence-corrected chi connectivity index (χ0v) is 9.92. The summed E-state index contributed by atoms with van der Waals surface area (Å²) in [6.45, 7) is 0. The Kier molecular flexibility index (Phi) is 2.50. The first kappa shape index (κ1) is 10.00. The summed E-state index contributed by atoms with van der Waals surface area (Å²) in [5, 5.41) is 4.32. The third-order valence-electron chi connectivity index (χ3n) is 2.45. The third kappa shape index (κ3) is 1.66. The van der Waals surface area contributed by atoms with Crippen LogP contribution in [-0.4, -0.2) is 4.98 Å². The van der Waals surface area contributed by atoms with E-state index in [9.17, 15) is 0 Å². The summed E-state index contributed by atoms with van der Waals surface area (Å²) >= 11 is 7.87. The predicted molar refractivity (Wildman–Crippen MR) is 67.9 cm³/mol. The molecule has 1 aromatic carbocycles. The van der Waals surface area contributed by atoms with Crippen LogP contribution < -0.4 is 5.32 Å². The van der Waals surface area contributed by atoms with Crippen molar-refractivity contribution in [1.82, 2.24) is 4.98 Å². The molecule has 1 N–H and O–H groups in total. The van der Waals surface area contributed by atoms with Gasteiger partial charge in [-0.25, -0.2) is 0 Å². The van der Waals surface area contributed by atoms with Crippen LogP contribution in [-0.2, 0) is 0 Å². The molecule has 1 atom stereocenters. The van der Waals surface area contributed by atoms with Gasteiger partial charge in [-0.05, 0) is 24.3 Å². The van der Waals surface area contributed by atoms with Gasteiger partial charge in [-0.3, -0.25) is 4.98 Å². The lowest BCUT2D eigenvalue weighted by molar-refractivity contribution is 1.03. The Labute approximate surface area is 103 Å². The Morgan fingerprint density at radius 3 is 2.88 bits per heavy atom. The number of thioether (sulfide) groups is 1. The molecule has 0 bridgehead atoms. The second-order valence-electron chi connectivity index (χ2n) is 3.51. The number of pyridine rings is 1. The molecule has 80 valence electrons. The maximum atomic E-state index is 6.13. The molecule has 2 nitrogen and oxygen atoms in total. The molecule has 2 aromatic rings. The summed E-state index contributed by atoms with van der Waals surface area (Å²) in [4.78, 5) is 5.53. The van der Waals surface area contributed by atoms with Gasteiger partial charge in [0.2, 0.25) is 0 Å². The van der Waals surface area contributed by atoms with Gasteiger partial charge < -0.3 is 5.32 Å². The average Bonchev–Trinajstić information content (AvgIpc) is 2.76. The maximum Gasteiger partial charge on any atom is 0.120 e. The van der Waals surface area contributed by atoms with Crippen molar-refractivity contribution in [2.45, 2.75) is 10.3 Å².